The van der Waals surface area contributed by atoms with Crippen LogP contribution in [0.2, 0.25) is 0 Å². The van der Waals surface area contributed by atoms with E-state index >= 15 is 0 Å². The molecule has 3 heterocycles. The summed E-state index contributed by atoms with van der Waals surface area (Å²) < 4.78 is 11.6. The van der Waals surface area contributed by atoms with Crippen LogP contribution >= 0.6 is 0 Å². The minimum absolute atomic E-state index is 0.908. The van der Waals surface area contributed by atoms with Crippen molar-refractivity contribution in [2.45, 2.75) is 0 Å². The molecule has 13 aromatic rings. The van der Waals surface area contributed by atoms with Crippen LogP contribution < -0.4 is 20.7 Å². The number of furan rings is 1. The first kappa shape index (κ1) is 36.5. The molecule has 300 valence electrons. The van der Waals surface area contributed by atoms with Crippen molar-refractivity contribution in [3.63, 3.8) is 0 Å². The Morgan fingerprint density at radius 2 is 0.812 bits per heavy atom. The summed E-state index contributed by atoms with van der Waals surface area (Å²) in [6, 6.07) is 89.3. The lowest BCUT2D eigenvalue weighted by Gasteiger charge is -2.34. The zero-order valence-corrected chi connectivity index (χ0v) is 35.9. The van der Waals surface area contributed by atoms with Crippen LogP contribution in [-0.2, 0) is 0 Å². The van der Waals surface area contributed by atoms with Gasteiger partial charge >= 0.3 is 0 Å². The number of nitrogens with zero attached hydrogens (tertiary/aromatic N) is 2. The van der Waals surface area contributed by atoms with E-state index in [0.717, 1.165) is 55.2 Å². The lowest BCUT2D eigenvalue weighted by atomic mass is 10.0. The number of rotatable bonds is 7. The van der Waals surface area contributed by atoms with Crippen molar-refractivity contribution in [1.29, 1.82) is 0 Å². The second kappa shape index (κ2) is 14.5. The fourth-order valence-electron chi connectivity index (χ4n) is 10.7. The Morgan fingerprint density at radius 3 is 1.52 bits per heavy atom. The van der Waals surface area contributed by atoms with E-state index in [9.17, 15) is 0 Å². The zero-order valence-electron chi connectivity index (χ0n) is 34.9. The number of aromatic nitrogens is 2. The average Bonchev–Trinajstić information content (AvgIpc) is 4.03. The predicted octanol–water partition coefficient (Wildman–Crippen LogP) is 12.8. The molecule has 0 aliphatic rings. The molecule has 0 spiro atoms. The van der Waals surface area contributed by atoms with Gasteiger partial charge in [0, 0.05) is 38.3 Å². The number of hydrogen-bond donors (Lipinski definition) is 0. The van der Waals surface area contributed by atoms with Gasteiger partial charge in [0.25, 0.3) is 0 Å². The molecule has 0 radical (unpaired) electrons. The lowest BCUT2D eigenvalue weighted by Crippen LogP contribution is -2.74. The second-order valence-electron chi connectivity index (χ2n) is 16.8. The molecule has 0 fully saturated rings. The smallest absolute Gasteiger partial charge is 0.179 e. The molecule has 0 amide bonds. The van der Waals surface area contributed by atoms with Crippen LogP contribution in [0.5, 0.6) is 0 Å². The molecule has 0 atom stereocenters. The Labute approximate surface area is 371 Å². The van der Waals surface area contributed by atoms with Crippen molar-refractivity contribution < 1.29 is 4.42 Å². The largest absolute Gasteiger partial charge is 0.455 e. The van der Waals surface area contributed by atoms with Crippen LogP contribution in [0.3, 0.4) is 0 Å². The molecule has 4 heteroatoms. The maximum atomic E-state index is 6.66. The molecule has 0 aliphatic carbocycles. The highest BCUT2D eigenvalue weighted by Gasteiger charge is 2.41. The van der Waals surface area contributed by atoms with E-state index < -0.39 is 8.07 Å². The summed E-state index contributed by atoms with van der Waals surface area (Å²) in [4.78, 5) is 0. The minimum atomic E-state index is -2.78. The van der Waals surface area contributed by atoms with Gasteiger partial charge < -0.3 is 13.6 Å². The van der Waals surface area contributed by atoms with Gasteiger partial charge in [0.2, 0.25) is 0 Å². The number of para-hydroxylation sites is 2. The highest BCUT2D eigenvalue weighted by Crippen LogP contribution is 2.42. The predicted molar refractivity (Wildman–Crippen MR) is 271 cm³/mol. The first-order valence-corrected chi connectivity index (χ1v) is 24.0. The van der Waals surface area contributed by atoms with Crippen LogP contribution in [0, 0.1) is 0 Å². The first-order valence-electron chi connectivity index (χ1n) is 22.0. The van der Waals surface area contributed by atoms with Crippen LogP contribution in [-0.4, -0.2) is 17.2 Å². The van der Waals surface area contributed by atoms with Crippen LogP contribution in [0.15, 0.2) is 247 Å². The van der Waals surface area contributed by atoms with Gasteiger partial charge in [0.1, 0.15) is 11.2 Å². The number of fused-ring (bicyclic) bond motifs is 10. The van der Waals surface area contributed by atoms with E-state index in [1.165, 1.54) is 53.5 Å². The van der Waals surface area contributed by atoms with Gasteiger partial charge in [-0.2, -0.15) is 0 Å². The van der Waals surface area contributed by atoms with Gasteiger partial charge in [-0.25, -0.2) is 0 Å². The van der Waals surface area contributed by atoms with Crippen molar-refractivity contribution in [2.75, 3.05) is 0 Å². The summed E-state index contributed by atoms with van der Waals surface area (Å²) in [6.07, 6.45) is 0. The standard InChI is InChI=1S/C60H40N2OSi/c1-5-18-41(19-6-1)42-32-35-55-52(38-42)53-40-44(62-54-30-15-13-29-51(54)59-57(62)37-34-50-49-28-14-16-31-58(49)63-60(50)59)33-36-56(53)61(55)43-20-17-27-48(39-43)64(45-21-7-2-8-22-45,46-23-9-3-10-24-46)47-25-11-4-12-26-47/h1-40H. The fourth-order valence-corrected chi connectivity index (χ4v) is 15.5. The van der Waals surface area contributed by atoms with E-state index in [1.807, 2.05) is 6.07 Å². The Hall–Kier alpha value is -8.18. The molecule has 0 bridgehead atoms. The van der Waals surface area contributed by atoms with Gasteiger partial charge in [-0.05, 0) is 98.6 Å². The highest BCUT2D eigenvalue weighted by atomic mass is 28.3. The Morgan fingerprint density at radius 1 is 0.297 bits per heavy atom. The van der Waals surface area contributed by atoms with E-state index in [0.29, 0.717) is 0 Å². The third kappa shape index (κ3) is 5.39. The molecule has 13 rings (SSSR count). The van der Waals surface area contributed by atoms with E-state index in [4.69, 9.17) is 4.42 Å². The molecule has 0 N–H and O–H groups in total. The molecule has 0 saturated heterocycles. The van der Waals surface area contributed by atoms with Gasteiger partial charge in [0.05, 0.1) is 27.5 Å². The lowest BCUT2D eigenvalue weighted by molar-refractivity contribution is 0.673. The molecule has 3 aromatic heterocycles. The monoisotopic (exact) mass is 832 g/mol. The zero-order chi connectivity index (χ0) is 42.2. The highest BCUT2D eigenvalue weighted by molar-refractivity contribution is 7.19. The van der Waals surface area contributed by atoms with Crippen LogP contribution in [0.1, 0.15) is 0 Å². The molecule has 0 aliphatic heterocycles. The topological polar surface area (TPSA) is 23.0 Å². The molecular weight excluding hydrogens is 793 g/mol. The Balaban J connectivity index is 1.08. The van der Waals surface area contributed by atoms with Gasteiger partial charge in [-0.15, -0.1) is 0 Å². The van der Waals surface area contributed by atoms with E-state index in [-0.39, 0.29) is 0 Å². The van der Waals surface area contributed by atoms with Gasteiger partial charge in [-0.3, -0.25) is 0 Å². The van der Waals surface area contributed by atoms with Crippen molar-refractivity contribution in [3.8, 4) is 22.5 Å². The average molecular weight is 833 g/mol. The van der Waals surface area contributed by atoms with Gasteiger partial charge in [0.15, 0.2) is 8.07 Å². The van der Waals surface area contributed by atoms with Crippen molar-refractivity contribution in [2.24, 2.45) is 0 Å². The summed E-state index contributed by atoms with van der Waals surface area (Å²) in [5.74, 6) is 0. The van der Waals surface area contributed by atoms with Crippen LogP contribution in [0.4, 0.5) is 0 Å². The maximum absolute atomic E-state index is 6.66. The second-order valence-corrected chi connectivity index (χ2v) is 20.6. The van der Waals surface area contributed by atoms with E-state index in [1.54, 1.807) is 0 Å². The third-order valence-corrected chi connectivity index (χ3v) is 18.2. The molecule has 64 heavy (non-hydrogen) atoms. The molecule has 0 unspecified atom stereocenters. The summed E-state index contributed by atoms with van der Waals surface area (Å²) in [7, 11) is -2.78. The summed E-state index contributed by atoms with van der Waals surface area (Å²) >= 11 is 0. The van der Waals surface area contributed by atoms with Gasteiger partial charge in [-0.1, -0.05) is 176 Å². The van der Waals surface area contributed by atoms with Crippen molar-refractivity contribution in [3.05, 3.63) is 243 Å². The van der Waals surface area contributed by atoms with E-state index in [2.05, 4.69) is 246 Å². The summed E-state index contributed by atoms with van der Waals surface area (Å²) in [5.41, 5.74) is 11.1. The molecule has 0 saturated carbocycles. The summed E-state index contributed by atoms with van der Waals surface area (Å²) in [5, 5.41) is 12.4. The molecule has 10 aromatic carbocycles. The fraction of sp³-hybridized carbons (Fsp3) is 0. The SMILES string of the molecule is c1ccc(-c2ccc3c(c2)c2cc(-n4c5ccccc5c5c6oc7ccccc7c6ccc54)ccc2n3-c2cccc([Si](c3ccccc3)(c3ccccc3)c3ccccc3)c2)cc1. The Bertz CT molecular complexity index is 3790. The molecule has 3 nitrogen and oxygen atoms in total. The van der Waals surface area contributed by atoms with Crippen LogP contribution in [0.25, 0.3) is 88.1 Å². The number of hydrogen-bond acceptors (Lipinski definition) is 1. The quantitative estimate of drug-likeness (QED) is 0.116. The third-order valence-electron chi connectivity index (χ3n) is 13.5. The minimum Gasteiger partial charge on any atom is -0.455 e. The molecular formula is C60H40N2OSi. The first-order chi connectivity index (χ1) is 31.8. The van der Waals surface area contributed by atoms with Crippen molar-refractivity contribution >= 4 is 94.4 Å². The number of benzene rings is 10. The Kier molecular flexibility index (Phi) is 8.23. The normalized spacial score (nSPS) is 12.1. The van der Waals surface area contributed by atoms with Crippen molar-refractivity contribution in [1.82, 2.24) is 9.13 Å². The summed E-state index contributed by atoms with van der Waals surface area (Å²) in [6.45, 7) is 0. The maximum Gasteiger partial charge on any atom is 0.179 e.